The summed E-state index contributed by atoms with van der Waals surface area (Å²) in [5, 5.41) is 6.01. The molecule has 1 aromatic carbocycles. The standard InChI is InChI=1S/C35H45N3O5/c1-35(2,3)43-34(40)36-17-16-22-12-9-13-24-30(22)28-18-25-29(41-4)15-14-23(21-10-7-6-8-11-21)32(25)38(28)20-27-26(33(39)42-5)19-37-31(24)27/h14-15,18-22,30,37H,6-13,16-17H2,1-5H3,(H,36,40)/t22?,30-/m1/s1. The maximum atomic E-state index is 13.0. The van der Waals surface area contributed by atoms with Crippen LogP contribution < -0.4 is 20.6 Å². The summed E-state index contributed by atoms with van der Waals surface area (Å²) in [5.41, 5.74) is 5.08. The molecular weight excluding hydrogens is 542 g/mol. The lowest BCUT2D eigenvalue weighted by atomic mass is 9.72. The monoisotopic (exact) mass is 587 g/mol. The van der Waals surface area contributed by atoms with E-state index in [-0.39, 0.29) is 18.0 Å². The van der Waals surface area contributed by atoms with E-state index in [1.165, 1.54) is 61.6 Å². The minimum absolute atomic E-state index is 0.118. The van der Waals surface area contributed by atoms with Crippen molar-refractivity contribution in [2.45, 2.75) is 96.0 Å². The van der Waals surface area contributed by atoms with Gasteiger partial charge in [-0.05, 0) is 94.4 Å². The molecule has 230 valence electrons. The first-order chi connectivity index (χ1) is 20.7. The molecule has 3 heterocycles. The van der Waals surface area contributed by atoms with Gasteiger partial charge in [0.2, 0.25) is 0 Å². The van der Waals surface area contributed by atoms with E-state index in [0.29, 0.717) is 23.9 Å². The Balaban J connectivity index is 1.52. The predicted molar refractivity (Wildman–Crippen MR) is 168 cm³/mol. The Bertz CT molecular complexity index is 1650. The number of amides is 1. The number of rotatable bonds is 6. The van der Waals surface area contributed by atoms with Gasteiger partial charge in [0.05, 0.1) is 25.3 Å². The lowest BCUT2D eigenvalue weighted by Gasteiger charge is -2.34. The Hall–Kier alpha value is -3.68. The highest BCUT2D eigenvalue weighted by atomic mass is 16.6. The number of H-pyrrole nitrogens is 1. The van der Waals surface area contributed by atoms with Crippen LogP contribution in [0.1, 0.15) is 112 Å². The quantitative estimate of drug-likeness (QED) is 0.342. The molecular formula is C35H45N3O5. The fourth-order valence-corrected chi connectivity index (χ4v) is 7.75. The number of benzene rings is 1. The second-order valence-electron chi connectivity index (χ2n) is 13.4. The first-order valence-electron chi connectivity index (χ1n) is 15.9. The van der Waals surface area contributed by atoms with E-state index >= 15 is 0 Å². The van der Waals surface area contributed by atoms with Crippen LogP contribution in [0.4, 0.5) is 4.79 Å². The van der Waals surface area contributed by atoms with Crippen LogP contribution >= 0.6 is 0 Å². The lowest BCUT2D eigenvalue weighted by Crippen LogP contribution is -2.35. The van der Waals surface area contributed by atoms with Gasteiger partial charge in [-0.1, -0.05) is 25.3 Å². The average molecular weight is 588 g/mol. The molecule has 2 N–H and O–H groups in total. The molecule has 2 atom stereocenters. The summed E-state index contributed by atoms with van der Waals surface area (Å²) in [6.07, 6.45) is 13.6. The van der Waals surface area contributed by atoms with Crippen LogP contribution in [-0.4, -0.2) is 48.0 Å². The SMILES string of the molecule is COC(=O)c1c[nH]c2c1=Cn1c(cc3c(OC)ccc(C4CCCCC4)c31)[C@H]1C=2CCCC1CCNC(=O)OC(C)(C)C. The van der Waals surface area contributed by atoms with Gasteiger partial charge in [0.1, 0.15) is 11.4 Å². The molecule has 0 radical (unpaired) electrons. The maximum Gasteiger partial charge on any atom is 0.407 e. The molecule has 3 aromatic rings. The Morgan fingerprint density at radius 2 is 1.86 bits per heavy atom. The van der Waals surface area contributed by atoms with Gasteiger partial charge < -0.3 is 29.1 Å². The van der Waals surface area contributed by atoms with Gasteiger partial charge in [-0.3, -0.25) is 0 Å². The smallest absolute Gasteiger partial charge is 0.407 e. The van der Waals surface area contributed by atoms with E-state index in [2.05, 4.69) is 39.3 Å². The predicted octanol–water partition coefficient (Wildman–Crippen LogP) is 6.06. The number of alkyl carbamates (subject to hydrolysis) is 1. The van der Waals surface area contributed by atoms with Gasteiger partial charge in [0.15, 0.2) is 0 Å². The van der Waals surface area contributed by atoms with Crippen LogP contribution in [0.25, 0.3) is 22.7 Å². The number of ether oxygens (including phenoxy) is 3. The van der Waals surface area contributed by atoms with Gasteiger partial charge in [-0.25, -0.2) is 9.59 Å². The number of aromatic amines is 1. The van der Waals surface area contributed by atoms with Crippen molar-refractivity contribution < 1.29 is 23.8 Å². The highest BCUT2D eigenvalue weighted by Gasteiger charge is 2.36. The fourth-order valence-electron chi connectivity index (χ4n) is 7.75. The molecule has 2 fully saturated rings. The molecule has 1 aliphatic heterocycles. The number of esters is 1. The Kier molecular flexibility index (Phi) is 8.05. The molecule has 8 nitrogen and oxygen atoms in total. The number of hydrogen-bond acceptors (Lipinski definition) is 5. The van der Waals surface area contributed by atoms with Crippen LogP contribution in [0.3, 0.4) is 0 Å². The minimum Gasteiger partial charge on any atom is -0.496 e. The molecule has 8 heteroatoms. The van der Waals surface area contributed by atoms with E-state index < -0.39 is 5.60 Å². The summed E-state index contributed by atoms with van der Waals surface area (Å²) >= 11 is 0. The van der Waals surface area contributed by atoms with Crippen molar-refractivity contribution in [2.75, 3.05) is 20.8 Å². The number of carbonyl (C=O) groups is 2. The van der Waals surface area contributed by atoms with Crippen molar-refractivity contribution in [3.05, 3.63) is 51.8 Å². The fraction of sp³-hybridized carbons (Fsp3) is 0.543. The first kappa shape index (κ1) is 29.4. The van der Waals surface area contributed by atoms with Crippen LogP contribution in [0, 0.1) is 5.92 Å². The van der Waals surface area contributed by atoms with Crippen molar-refractivity contribution in [3.8, 4) is 5.75 Å². The molecule has 2 aromatic heterocycles. The van der Waals surface area contributed by atoms with Gasteiger partial charge in [0, 0.05) is 46.5 Å². The highest BCUT2D eigenvalue weighted by molar-refractivity contribution is 5.94. The molecule has 43 heavy (non-hydrogen) atoms. The first-order valence-corrected chi connectivity index (χ1v) is 15.9. The number of hydrogen-bond donors (Lipinski definition) is 2. The van der Waals surface area contributed by atoms with Gasteiger partial charge >= 0.3 is 12.1 Å². The van der Waals surface area contributed by atoms with Crippen molar-refractivity contribution >= 4 is 34.7 Å². The molecule has 2 saturated carbocycles. The van der Waals surface area contributed by atoms with E-state index in [0.717, 1.165) is 47.4 Å². The van der Waals surface area contributed by atoms with Gasteiger partial charge in [-0.15, -0.1) is 0 Å². The molecule has 2 aliphatic carbocycles. The number of fused-ring (bicyclic) bond motifs is 6. The summed E-state index contributed by atoms with van der Waals surface area (Å²) in [6, 6.07) is 6.71. The van der Waals surface area contributed by atoms with Crippen molar-refractivity contribution in [1.82, 2.24) is 14.9 Å². The summed E-state index contributed by atoms with van der Waals surface area (Å²) in [5.74, 6) is 1.44. The average Bonchev–Trinajstić information content (AvgIpc) is 3.54. The van der Waals surface area contributed by atoms with Gasteiger partial charge in [-0.2, -0.15) is 0 Å². The third kappa shape index (κ3) is 5.56. The molecule has 6 rings (SSSR count). The van der Waals surface area contributed by atoms with Crippen molar-refractivity contribution in [1.29, 1.82) is 0 Å². The highest BCUT2D eigenvalue weighted by Crippen LogP contribution is 2.48. The summed E-state index contributed by atoms with van der Waals surface area (Å²) in [4.78, 5) is 28.9. The number of aromatic nitrogens is 2. The van der Waals surface area contributed by atoms with E-state index in [1.807, 2.05) is 20.8 Å². The zero-order chi connectivity index (χ0) is 30.3. The van der Waals surface area contributed by atoms with Crippen molar-refractivity contribution in [2.24, 2.45) is 5.92 Å². The van der Waals surface area contributed by atoms with E-state index in [9.17, 15) is 9.59 Å². The van der Waals surface area contributed by atoms with Crippen LogP contribution in [-0.2, 0) is 9.47 Å². The Morgan fingerprint density at radius 1 is 1.07 bits per heavy atom. The zero-order valence-corrected chi connectivity index (χ0v) is 26.2. The second-order valence-corrected chi connectivity index (χ2v) is 13.4. The number of nitrogens with zero attached hydrogens (tertiary/aromatic N) is 1. The normalized spacial score (nSPS) is 20.3. The molecule has 0 spiro atoms. The van der Waals surface area contributed by atoms with E-state index in [4.69, 9.17) is 14.2 Å². The maximum absolute atomic E-state index is 13.0. The zero-order valence-electron chi connectivity index (χ0n) is 26.2. The third-order valence-electron chi connectivity index (χ3n) is 9.56. The Morgan fingerprint density at radius 3 is 2.58 bits per heavy atom. The largest absolute Gasteiger partial charge is 0.496 e. The minimum atomic E-state index is -0.537. The second kappa shape index (κ2) is 11.8. The summed E-state index contributed by atoms with van der Waals surface area (Å²) in [7, 11) is 3.18. The third-order valence-corrected chi connectivity index (χ3v) is 9.56. The topological polar surface area (TPSA) is 94.6 Å². The Labute approximate surface area is 253 Å². The lowest BCUT2D eigenvalue weighted by molar-refractivity contribution is 0.0523. The summed E-state index contributed by atoms with van der Waals surface area (Å²) in [6.45, 7) is 6.17. The number of methoxy groups -OCH3 is 2. The van der Waals surface area contributed by atoms with Crippen molar-refractivity contribution in [3.63, 3.8) is 0 Å². The van der Waals surface area contributed by atoms with E-state index in [1.54, 1.807) is 13.3 Å². The van der Waals surface area contributed by atoms with Gasteiger partial charge in [0.25, 0.3) is 0 Å². The van der Waals surface area contributed by atoms with Crippen LogP contribution in [0.2, 0.25) is 0 Å². The number of nitrogens with one attached hydrogen (secondary N) is 2. The van der Waals surface area contributed by atoms with Crippen LogP contribution in [0.5, 0.6) is 5.75 Å². The van der Waals surface area contributed by atoms with Crippen LogP contribution in [0.15, 0.2) is 24.4 Å². The molecule has 0 saturated heterocycles. The molecule has 1 amide bonds. The number of carbonyl (C=O) groups excluding carboxylic acids is 2. The summed E-state index contributed by atoms with van der Waals surface area (Å²) < 4.78 is 19.0. The molecule has 1 unspecified atom stereocenters. The molecule has 0 bridgehead atoms. The molecule has 3 aliphatic rings.